The van der Waals surface area contributed by atoms with E-state index >= 15 is 0 Å². The van der Waals surface area contributed by atoms with Gasteiger partial charge >= 0.3 is 0 Å². The Balaban J connectivity index is 1.64. The number of allylic oxidation sites excluding steroid dienone is 2. The SMILES string of the molecule is O=C1C=C2[C@H](CCC[C@@H]2c2ccc(-c3ccccc3)cc2)CC1. The molecule has 0 radical (unpaired) electrons. The predicted octanol–water partition coefficient (Wildman–Crippen LogP) is 5.53. The smallest absolute Gasteiger partial charge is 0.155 e. The topological polar surface area (TPSA) is 17.1 Å². The summed E-state index contributed by atoms with van der Waals surface area (Å²) in [7, 11) is 0. The van der Waals surface area contributed by atoms with Gasteiger partial charge in [-0.2, -0.15) is 0 Å². The van der Waals surface area contributed by atoms with Crippen LogP contribution < -0.4 is 0 Å². The van der Waals surface area contributed by atoms with E-state index in [-0.39, 0.29) is 0 Å². The van der Waals surface area contributed by atoms with Crippen molar-refractivity contribution in [2.24, 2.45) is 5.92 Å². The molecule has 1 heteroatoms. The first-order chi connectivity index (χ1) is 11.3. The van der Waals surface area contributed by atoms with Crippen molar-refractivity contribution in [2.45, 2.75) is 38.0 Å². The fourth-order valence-electron chi connectivity index (χ4n) is 4.19. The monoisotopic (exact) mass is 302 g/mol. The lowest BCUT2D eigenvalue weighted by atomic mass is 9.69. The maximum absolute atomic E-state index is 11.9. The molecule has 0 unspecified atom stereocenters. The van der Waals surface area contributed by atoms with Crippen LogP contribution in [0, 0.1) is 5.92 Å². The summed E-state index contributed by atoms with van der Waals surface area (Å²) in [5.74, 6) is 1.41. The number of benzene rings is 2. The second-order valence-electron chi connectivity index (χ2n) is 6.82. The summed E-state index contributed by atoms with van der Waals surface area (Å²) in [4.78, 5) is 11.9. The Bertz CT molecular complexity index is 724. The molecule has 0 heterocycles. The Morgan fingerprint density at radius 2 is 1.52 bits per heavy atom. The van der Waals surface area contributed by atoms with Crippen LogP contribution in [0.5, 0.6) is 0 Å². The van der Waals surface area contributed by atoms with Crippen molar-refractivity contribution in [1.29, 1.82) is 0 Å². The highest BCUT2D eigenvalue weighted by Crippen LogP contribution is 2.44. The first-order valence-electron chi connectivity index (χ1n) is 8.71. The van der Waals surface area contributed by atoms with Crippen molar-refractivity contribution in [2.75, 3.05) is 0 Å². The molecule has 2 aromatic carbocycles. The van der Waals surface area contributed by atoms with E-state index in [1.165, 1.54) is 41.5 Å². The van der Waals surface area contributed by atoms with E-state index in [0.29, 0.717) is 17.6 Å². The lowest BCUT2D eigenvalue weighted by Crippen LogP contribution is -2.23. The molecular formula is C22H22O. The van der Waals surface area contributed by atoms with Crippen molar-refractivity contribution >= 4 is 5.78 Å². The number of ketones is 1. The number of hydrogen-bond donors (Lipinski definition) is 0. The Morgan fingerprint density at radius 1 is 0.783 bits per heavy atom. The van der Waals surface area contributed by atoms with Crippen LogP contribution in [0.4, 0.5) is 0 Å². The van der Waals surface area contributed by atoms with Crippen molar-refractivity contribution < 1.29 is 4.79 Å². The van der Waals surface area contributed by atoms with Gasteiger partial charge in [0, 0.05) is 12.3 Å². The summed E-state index contributed by atoms with van der Waals surface area (Å²) in [5.41, 5.74) is 5.29. The third-order valence-corrected chi connectivity index (χ3v) is 5.41. The van der Waals surface area contributed by atoms with Crippen LogP contribution in [0.3, 0.4) is 0 Å². The Labute approximate surface area is 138 Å². The Morgan fingerprint density at radius 3 is 2.30 bits per heavy atom. The fraction of sp³-hybridized carbons (Fsp3) is 0.318. The van der Waals surface area contributed by atoms with Crippen LogP contribution in [-0.2, 0) is 4.79 Å². The van der Waals surface area contributed by atoms with Gasteiger partial charge in [-0.15, -0.1) is 0 Å². The van der Waals surface area contributed by atoms with Gasteiger partial charge in [-0.1, -0.05) is 66.6 Å². The summed E-state index contributed by atoms with van der Waals surface area (Å²) in [6.07, 6.45) is 7.49. The van der Waals surface area contributed by atoms with Crippen molar-refractivity contribution in [3.8, 4) is 11.1 Å². The number of hydrogen-bond acceptors (Lipinski definition) is 1. The molecule has 1 nitrogen and oxygen atoms in total. The first kappa shape index (κ1) is 14.4. The van der Waals surface area contributed by atoms with Gasteiger partial charge in [-0.25, -0.2) is 0 Å². The van der Waals surface area contributed by atoms with Gasteiger partial charge in [0.05, 0.1) is 0 Å². The summed E-state index contributed by atoms with van der Waals surface area (Å²) < 4.78 is 0. The molecule has 116 valence electrons. The molecule has 4 rings (SSSR count). The average Bonchev–Trinajstić information content (AvgIpc) is 2.62. The molecule has 0 aliphatic heterocycles. The maximum Gasteiger partial charge on any atom is 0.155 e. The van der Waals surface area contributed by atoms with Gasteiger partial charge < -0.3 is 0 Å². The van der Waals surface area contributed by atoms with Crippen molar-refractivity contribution in [3.63, 3.8) is 0 Å². The number of rotatable bonds is 2. The molecule has 2 atom stereocenters. The molecule has 0 saturated heterocycles. The first-order valence-corrected chi connectivity index (χ1v) is 8.71. The van der Waals surface area contributed by atoms with Gasteiger partial charge in [0.15, 0.2) is 5.78 Å². The van der Waals surface area contributed by atoms with E-state index in [1.807, 2.05) is 12.1 Å². The number of carbonyl (C=O) groups excluding carboxylic acids is 1. The van der Waals surface area contributed by atoms with E-state index in [0.717, 1.165) is 12.8 Å². The molecule has 1 saturated carbocycles. The molecule has 2 aliphatic rings. The van der Waals surface area contributed by atoms with Crippen LogP contribution in [-0.4, -0.2) is 5.78 Å². The minimum Gasteiger partial charge on any atom is -0.295 e. The van der Waals surface area contributed by atoms with E-state index < -0.39 is 0 Å². The summed E-state index contributed by atoms with van der Waals surface area (Å²) >= 11 is 0. The van der Waals surface area contributed by atoms with E-state index in [2.05, 4.69) is 48.5 Å². The van der Waals surface area contributed by atoms with E-state index in [4.69, 9.17) is 0 Å². The lowest BCUT2D eigenvalue weighted by molar-refractivity contribution is -0.115. The third-order valence-electron chi connectivity index (χ3n) is 5.41. The average molecular weight is 302 g/mol. The number of fused-ring (bicyclic) bond motifs is 1. The van der Waals surface area contributed by atoms with Crippen LogP contribution in [0.2, 0.25) is 0 Å². The zero-order chi connectivity index (χ0) is 15.6. The van der Waals surface area contributed by atoms with Gasteiger partial charge in [-0.05, 0) is 47.9 Å². The van der Waals surface area contributed by atoms with E-state index in [9.17, 15) is 4.79 Å². The third kappa shape index (κ3) is 2.88. The second kappa shape index (κ2) is 6.16. The minimum absolute atomic E-state index is 0.323. The molecule has 1 fully saturated rings. The highest BCUT2D eigenvalue weighted by molar-refractivity contribution is 5.91. The normalized spacial score (nSPS) is 24.0. The quantitative estimate of drug-likeness (QED) is 0.713. The molecule has 2 aromatic rings. The molecule has 0 amide bonds. The highest BCUT2D eigenvalue weighted by Gasteiger charge is 2.31. The van der Waals surface area contributed by atoms with Gasteiger partial charge in [0.2, 0.25) is 0 Å². The number of carbonyl (C=O) groups is 1. The van der Waals surface area contributed by atoms with E-state index in [1.54, 1.807) is 0 Å². The molecule has 0 bridgehead atoms. The highest BCUT2D eigenvalue weighted by atomic mass is 16.1. The fourth-order valence-corrected chi connectivity index (χ4v) is 4.19. The molecule has 2 aliphatic carbocycles. The molecule has 0 aromatic heterocycles. The zero-order valence-electron chi connectivity index (χ0n) is 13.4. The van der Waals surface area contributed by atoms with Gasteiger partial charge in [0.1, 0.15) is 0 Å². The summed E-state index contributed by atoms with van der Waals surface area (Å²) in [6, 6.07) is 19.5. The lowest BCUT2D eigenvalue weighted by Gasteiger charge is -2.35. The Kier molecular flexibility index (Phi) is 3.87. The molecule has 0 spiro atoms. The van der Waals surface area contributed by atoms with Crippen LogP contribution in [0.25, 0.3) is 11.1 Å². The summed E-state index contributed by atoms with van der Waals surface area (Å²) in [5, 5.41) is 0. The van der Waals surface area contributed by atoms with Crippen LogP contribution in [0.15, 0.2) is 66.2 Å². The maximum atomic E-state index is 11.9. The summed E-state index contributed by atoms with van der Waals surface area (Å²) in [6.45, 7) is 0. The van der Waals surface area contributed by atoms with Crippen LogP contribution >= 0.6 is 0 Å². The standard InChI is InChI=1S/C22H22O/c23-20-14-13-18-7-4-8-21(22(18)15-20)19-11-9-17(10-12-19)16-5-2-1-3-6-16/h1-3,5-6,9-12,15,18,21H,4,7-8,13-14H2/t18-,21-/m1/s1. The second-order valence-corrected chi connectivity index (χ2v) is 6.82. The van der Waals surface area contributed by atoms with Crippen molar-refractivity contribution in [3.05, 3.63) is 71.8 Å². The Hall–Kier alpha value is -2.15. The zero-order valence-corrected chi connectivity index (χ0v) is 13.4. The van der Waals surface area contributed by atoms with Crippen LogP contribution in [0.1, 0.15) is 43.6 Å². The van der Waals surface area contributed by atoms with Gasteiger partial charge in [0.25, 0.3) is 0 Å². The largest absolute Gasteiger partial charge is 0.295 e. The molecular weight excluding hydrogens is 280 g/mol. The van der Waals surface area contributed by atoms with Crippen molar-refractivity contribution in [1.82, 2.24) is 0 Å². The minimum atomic E-state index is 0.323. The predicted molar refractivity (Wildman–Crippen MR) is 94.3 cm³/mol. The van der Waals surface area contributed by atoms with Gasteiger partial charge in [-0.3, -0.25) is 4.79 Å². The molecule has 23 heavy (non-hydrogen) atoms. The molecule has 0 N–H and O–H groups in total.